The van der Waals surface area contributed by atoms with Crippen LogP contribution in [0.2, 0.25) is 0 Å². The molecular weight excluding hydrogens is 392 g/mol. The smallest absolute Gasteiger partial charge is 0.420 e. The number of hydrogen-bond donors (Lipinski definition) is 0. The Morgan fingerprint density at radius 2 is 1.83 bits per heavy atom. The molecule has 8 heteroatoms. The highest BCUT2D eigenvalue weighted by Gasteiger charge is 2.26. The zero-order valence-electron chi connectivity index (χ0n) is 16.3. The van der Waals surface area contributed by atoms with E-state index in [9.17, 15) is 13.2 Å². The summed E-state index contributed by atoms with van der Waals surface area (Å²) in [5.74, 6) is 0.240. The first-order valence-electron chi connectivity index (χ1n) is 9.79. The zero-order chi connectivity index (χ0) is 20.4. The van der Waals surface area contributed by atoms with Gasteiger partial charge in [0, 0.05) is 19.2 Å². The van der Waals surface area contributed by atoms with Crippen molar-refractivity contribution in [1.29, 1.82) is 0 Å². The van der Waals surface area contributed by atoms with E-state index in [4.69, 9.17) is 9.15 Å². The topological polar surface area (TPSA) is 81.8 Å². The van der Waals surface area contributed by atoms with Crippen LogP contribution in [-0.2, 0) is 16.6 Å². The minimum Gasteiger partial charge on any atom is -0.491 e. The molecule has 0 atom stereocenters. The van der Waals surface area contributed by atoms with Gasteiger partial charge in [-0.05, 0) is 43.5 Å². The summed E-state index contributed by atoms with van der Waals surface area (Å²) in [5, 5.41) is 0. The largest absolute Gasteiger partial charge is 0.491 e. The van der Waals surface area contributed by atoms with Crippen molar-refractivity contribution < 1.29 is 17.6 Å². The summed E-state index contributed by atoms with van der Waals surface area (Å²) in [7, 11) is -3.58. The molecule has 1 aromatic heterocycles. The van der Waals surface area contributed by atoms with Crippen molar-refractivity contribution in [2.24, 2.45) is 0 Å². The van der Waals surface area contributed by atoms with Gasteiger partial charge in [-0.2, -0.15) is 4.31 Å². The van der Waals surface area contributed by atoms with E-state index >= 15 is 0 Å². The van der Waals surface area contributed by atoms with Gasteiger partial charge in [0.2, 0.25) is 10.0 Å². The number of nitrogens with zero attached hydrogens (tertiary/aromatic N) is 2. The Morgan fingerprint density at radius 3 is 2.59 bits per heavy atom. The standard InChI is InChI=1S/C21H24N2O5S/c1-16-7-3-4-8-19(16)27-14-13-23-18-10-9-17(15-20(18)28-21(23)24)29(25,26)22-11-5-2-6-12-22/h3-4,7-10,15H,2,5-6,11-14H2,1H3. The van der Waals surface area contributed by atoms with Crippen molar-refractivity contribution in [2.75, 3.05) is 19.7 Å². The highest BCUT2D eigenvalue weighted by atomic mass is 32.2. The predicted octanol–water partition coefficient (Wildman–Crippen LogP) is 3.16. The molecule has 3 aromatic rings. The van der Waals surface area contributed by atoms with Gasteiger partial charge in [-0.1, -0.05) is 24.6 Å². The quantitative estimate of drug-likeness (QED) is 0.617. The summed E-state index contributed by atoms with van der Waals surface area (Å²) in [6, 6.07) is 12.3. The number of sulfonamides is 1. The first-order chi connectivity index (χ1) is 14.0. The van der Waals surface area contributed by atoms with E-state index in [1.807, 2.05) is 31.2 Å². The minimum atomic E-state index is -3.58. The van der Waals surface area contributed by atoms with Crippen molar-refractivity contribution in [3.63, 3.8) is 0 Å². The number of oxazole rings is 1. The van der Waals surface area contributed by atoms with Crippen molar-refractivity contribution in [3.05, 3.63) is 58.6 Å². The molecule has 7 nitrogen and oxygen atoms in total. The maximum Gasteiger partial charge on any atom is 0.420 e. The van der Waals surface area contributed by atoms with Crippen LogP contribution in [0, 0.1) is 6.92 Å². The number of para-hydroxylation sites is 1. The Balaban J connectivity index is 1.55. The van der Waals surface area contributed by atoms with Crippen LogP contribution in [0.5, 0.6) is 5.75 Å². The van der Waals surface area contributed by atoms with E-state index in [-0.39, 0.29) is 10.5 Å². The normalized spacial score (nSPS) is 15.6. The molecule has 1 aliphatic heterocycles. The third-order valence-electron chi connectivity index (χ3n) is 5.26. The third-order valence-corrected chi connectivity index (χ3v) is 7.15. The molecule has 0 spiro atoms. The molecule has 29 heavy (non-hydrogen) atoms. The van der Waals surface area contributed by atoms with Crippen LogP contribution in [0.4, 0.5) is 0 Å². The van der Waals surface area contributed by atoms with E-state index < -0.39 is 15.8 Å². The van der Waals surface area contributed by atoms with Crippen LogP contribution in [-0.4, -0.2) is 37.0 Å². The average Bonchev–Trinajstić information content (AvgIpc) is 3.04. The first-order valence-corrected chi connectivity index (χ1v) is 11.2. The van der Waals surface area contributed by atoms with Crippen molar-refractivity contribution in [1.82, 2.24) is 8.87 Å². The van der Waals surface area contributed by atoms with Crippen molar-refractivity contribution in [3.8, 4) is 5.75 Å². The molecule has 1 fully saturated rings. The van der Waals surface area contributed by atoms with E-state index in [1.165, 1.54) is 14.9 Å². The fraction of sp³-hybridized carbons (Fsp3) is 0.381. The molecule has 0 bridgehead atoms. The maximum absolute atomic E-state index is 12.9. The van der Waals surface area contributed by atoms with Gasteiger partial charge in [0.05, 0.1) is 17.0 Å². The van der Waals surface area contributed by atoms with Crippen LogP contribution in [0.1, 0.15) is 24.8 Å². The van der Waals surface area contributed by atoms with Crippen LogP contribution in [0.3, 0.4) is 0 Å². The Bertz CT molecular complexity index is 1170. The van der Waals surface area contributed by atoms with Gasteiger partial charge >= 0.3 is 5.76 Å². The lowest BCUT2D eigenvalue weighted by atomic mass is 10.2. The molecule has 0 saturated carbocycles. The Morgan fingerprint density at radius 1 is 1.07 bits per heavy atom. The summed E-state index contributed by atoms with van der Waals surface area (Å²) in [4.78, 5) is 12.4. The second-order valence-electron chi connectivity index (χ2n) is 7.23. The van der Waals surface area contributed by atoms with Crippen LogP contribution >= 0.6 is 0 Å². The molecule has 0 unspecified atom stereocenters. The molecule has 2 aromatic carbocycles. The number of piperidine rings is 1. The van der Waals surface area contributed by atoms with Crippen LogP contribution in [0.15, 0.2) is 56.6 Å². The van der Waals surface area contributed by atoms with Crippen LogP contribution in [0.25, 0.3) is 11.1 Å². The molecule has 1 saturated heterocycles. The van der Waals surface area contributed by atoms with Gasteiger partial charge < -0.3 is 9.15 Å². The number of aromatic nitrogens is 1. The molecule has 154 valence electrons. The summed E-state index contributed by atoms with van der Waals surface area (Å²) >= 11 is 0. The van der Waals surface area contributed by atoms with Gasteiger partial charge in [0.25, 0.3) is 0 Å². The zero-order valence-corrected chi connectivity index (χ0v) is 17.2. The highest BCUT2D eigenvalue weighted by molar-refractivity contribution is 7.89. The van der Waals surface area contributed by atoms with E-state index in [1.54, 1.807) is 12.1 Å². The molecule has 4 rings (SSSR count). The van der Waals surface area contributed by atoms with Gasteiger partial charge in [-0.25, -0.2) is 13.2 Å². The lowest BCUT2D eigenvalue weighted by molar-refractivity contribution is 0.292. The molecule has 0 radical (unpaired) electrons. The molecule has 0 aliphatic carbocycles. The fourth-order valence-electron chi connectivity index (χ4n) is 3.64. The lowest BCUT2D eigenvalue weighted by Gasteiger charge is -2.25. The molecular formula is C21H24N2O5S. The Kier molecular flexibility index (Phi) is 5.47. The second kappa shape index (κ2) is 8.04. The minimum absolute atomic E-state index is 0.156. The van der Waals surface area contributed by atoms with Crippen molar-refractivity contribution >= 4 is 21.1 Å². The van der Waals surface area contributed by atoms with E-state index in [0.29, 0.717) is 31.8 Å². The summed E-state index contributed by atoms with van der Waals surface area (Å²) < 4.78 is 39.8. The summed E-state index contributed by atoms with van der Waals surface area (Å²) in [5.41, 5.74) is 1.84. The second-order valence-corrected chi connectivity index (χ2v) is 9.17. The summed E-state index contributed by atoms with van der Waals surface area (Å²) in [6.45, 7) is 3.62. The molecule has 2 heterocycles. The predicted molar refractivity (Wildman–Crippen MR) is 110 cm³/mol. The number of fused-ring (bicyclic) bond motifs is 1. The molecule has 0 amide bonds. The van der Waals surface area contributed by atoms with Crippen LogP contribution < -0.4 is 10.5 Å². The van der Waals surface area contributed by atoms with E-state index in [2.05, 4.69) is 0 Å². The summed E-state index contributed by atoms with van der Waals surface area (Å²) in [6.07, 6.45) is 2.79. The number of aryl methyl sites for hydroxylation is 1. The molecule has 0 N–H and O–H groups in total. The van der Waals surface area contributed by atoms with Gasteiger partial charge in [-0.15, -0.1) is 0 Å². The van der Waals surface area contributed by atoms with Gasteiger partial charge in [0.15, 0.2) is 5.58 Å². The fourth-order valence-corrected chi connectivity index (χ4v) is 5.17. The lowest BCUT2D eigenvalue weighted by Crippen LogP contribution is -2.35. The Hall–Kier alpha value is -2.58. The molecule has 1 aliphatic rings. The van der Waals surface area contributed by atoms with Gasteiger partial charge in [0.1, 0.15) is 12.4 Å². The SMILES string of the molecule is Cc1ccccc1OCCn1c(=O)oc2cc(S(=O)(=O)N3CCCCC3)ccc21. The average molecular weight is 416 g/mol. The number of benzene rings is 2. The maximum atomic E-state index is 12.9. The monoisotopic (exact) mass is 416 g/mol. The van der Waals surface area contributed by atoms with Crippen molar-refractivity contribution in [2.45, 2.75) is 37.6 Å². The number of rotatable bonds is 6. The highest BCUT2D eigenvalue weighted by Crippen LogP contribution is 2.24. The van der Waals surface area contributed by atoms with E-state index in [0.717, 1.165) is 30.6 Å². The third kappa shape index (κ3) is 3.95. The first kappa shape index (κ1) is 19.7. The number of ether oxygens (including phenoxy) is 1. The van der Waals surface area contributed by atoms with Gasteiger partial charge in [-0.3, -0.25) is 4.57 Å². The Labute approximate surface area is 169 Å². The number of hydrogen-bond acceptors (Lipinski definition) is 5.